The quantitative estimate of drug-likeness (QED) is 0.181. The number of para-hydroxylation sites is 3. The van der Waals surface area contributed by atoms with Gasteiger partial charge in [0.25, 0.3) is 0 Å². The topological polar surface area (TPSA) is 35.6 Å². The second-order valence-corrected chi connectivity index (χ2v) is 15.9. The zero-order chi connectivity index (χ0) is 35.3. The molecule has 0 radical (unpaired) electrons. The molecule has 1 aliphatic heterocycles. The monoisotopic (exact) mass is 724 g/mol. The number of benzene rings is 7. The third-order valence-electron chi connectivity index (χ3n) is 10.7. The molecule has 0 bridgehead atoms. The van der Waals surface area contributed by atoms with Crippen molar-refractivity contribution in [3.63, 3.8) is 0 Å². The molecule has 4 nitrogen and oxygen atoms in total. The first-order valence-electron chi connectivity index (χ1n) is 18.1. The van der Waals surface area contributed by atoms with E-state index in [1.165, 1.54) is 58.6 Å². The van der Waals surface area contributed by atoms with Gasteiger partial charge in [0.1, 0.15) is 5.65 Å². The number of fused-ring (bicyclic) bond motifs is 10. The zero-order valence-corrected chi connectivity index (χ0v) is 30.4. The van der Waals surface area contributed by atoms with Crippen LogP contribution in [0, 0.1) is 0 Å². The molecule has 0 atom stereocenters. The lowest BCUT2D eigenvalue weighted by atomic mass is 9.97. The molecule has 0 aliphatic carbocycles. The summed E-state index contributed by atoms with van der Waals surface area (Å²) in [5.74, 6) is 0.728. The van der Waals surface area contributed by atoms with Crippen molar-refractivity contribution in [3.05, 3.63) is 170 Å². The summed E-state index contributed by atoms with van der Waals surface area (Å²) in [5, 5.41) is 4.93. The van der Waals surface area contributed by atoms with Crippen LogP contribution in [0.5, 0.6) is 0 Å². The highest BCUT2D eigenvalue weighted by Gasteiger charge is 2.29. The summed E-state index contributed by atoms with van der Waals surface area (Å²) >= 11 is 3.62. The van der Waals surface area contributed by atoms with Crippen LogP contribution in [-0.2, 0) is 0 Å². The first kappa shape index (κ1) is 30.0. The van der Waals surface area contributed by atoms with Gasteiger partial charge in [-0.05, 0) is 59.7 Å². The predicted molar refractivity (Wildman–Crippen MR) is 227 cm³/mol. The fourth-order valence-corrected chi connectivity index (χ4v) is 10.7. The summed E-state index contributed by atoms with van der Waals surface area (Å²) in [4.78, 5) is 13.1. The third kappa shape index (κ3) is 4.26. The average Bonchev–Trinajstić information content (AvgIpc) is 3.90. The molecule has 54 heavy (non-hydrogen) atoms. The van der Waals surface area contributed by atoms with E-state index < -0.39 is 0 Å². The molecule has 252 valence electrons. The molecular formula is C48H28N4S2. The number of rotatable bonds is 4. The summed E-state index contributed by atoms with van der Waals surface area (Å²) in [7, 11) is 0. The van der Waals surface area contributed by atoms with E-state index in [0.717, 1.165) is 49.5 Å². The molecule has 0 fully saturated rings. The van der Waals surface area contributed by atoms with Crippen molar-refractivity contribution < 1.29 is 0 Å². The Balaban J connectivity index is 1.15. The maximum Gasteiger partial charge on any atom is 0.160 e. The van der Waals surface area contributed by atoms with Crippen LogP contribution in [0.1, 0.15) is 0 Å². The normalized spacial score (nSPS) is 12.4. The van der Waals surface area contributed by atoms with E-state index >= 15 is 0 Å². The Hall–Kier alpha value is -6.47. The highest BCUT2D eigenvalue weighted by Crippen LogP contribution is 2.51. The molecular weight excluding hydrogens is 697 g/mol. The van der Waals surface area contributed by atoms with Gasteiger partial charge in [-0.1, -0.05) is 133 Å². The van der Waals surface area contributed by atoms with E-state index in [1.807, 2.05) is 11.8 Å². The third-order valence-corrected chi connectivity index (χ3v) is 13.0. The van der Waals surface area contributed by atoms with Gasteiger partial charge < -0.3 is 0 Å². The predicted octanol–water partition coefficient (Wildman–Crippen LogP) is 13.4. The average molecular weight is 725 g/mol. The largest absolute Gasteiger partial charge is 0.295 e. The molecule has 0 saturated heterocycles. The zero-order valence-electron chi connectivity index (χ0n) is 28.8. The smallest absolute Gasteiger partial charge is 0.160 e. The van der Waals surface area contributed by atoms with Crippen LogP contribution in [0.15, 0.2) is 180 Å². The minimum Gasteiger partial charge on any atom is -0.295 e. The first-order chi connectivity index (χ1) is 26.8. The van der Waals surface area contributed by atoms with Crippen molar-refractivity contribution in [1.82, 2.24) is 19.1 Å². The maximum absolute atomic E-state index is 5.31. The second kappa shape index (κ2) is 11.5. The Morgan fingerprint density at radius 3 is 2.11 bits per heavy atom. The van der Waals surface area contributed by atoms with Gasteiger partial charge in [0.15, 0.2) is 5.82 Å². The van der Waals surface area contributed by atoms with Crippen molar-refractivity contribution in [2.24, 2.45) is 0 Å². The molecule has 4 aromatic heterocycles. The molecule has 6 heteroatoms. The van der Waals surface area contributed by atoms with Crippen molar-refractivity contribution in [3.8, 4) is 45.1 Å². The summed E-state index contributed by atoms with van der Waals surface area (Å²) in [6.07, 6.45) is 0. The van der Waals surface area contributed by atoms with Gasteiger partial charge in [0.2, 0.25) is 0 Å². The number of hydrogen-bond donors (Lipinski definition) is 0. The molecule has 12 rings (SSSR count). The Bertz CT molecular complexity index is 3300. The number of nitrogens with zero attached hydrogens (tertiary/aromatic N) is 4. The molecule has 0 saturated carbocycles. The van der Waals surface area contributed by atoms with Gasteiger partial charge in [0, 0.05) is 52.9 Å². The first-order valence-corrected chi connectivity index (χ1v) is 19.7. The van der Waals surface area contributed by atoms with E-state index in [2.05, 4.69) is 179 Å². The molecule has 7 aromatic carbocycles. The van der Waals surface area contributed by atoms with Gasteiger partial charge in [-0.2, -0.15) is 0 Å². The van der Waals surface area contributed by atoms with Crippen LogP contribution >= 0.6 is 23.1 Å². The van der Waals surface area contributed by atoms with Crippen molar-refractivity contribution in [2.45, 2.75) is 9.79 Å². The second-order valence-electron chi connectivity index (χ2n) is 13.7. The van der Waals surface area contributed by atoms with E-state index in [1.54, 1.807) is 11.3 Å². The lowest BCUT2D eigenvalue weighted by Crippen LogP contribution is -2.05. The van der Waals surface area contributed by atoms with E-state index in [9.17, 15) is 0 Å². The van der Waals surface area contributed by atoms with E-state index in [4.69, 9.17) is 9.97 Å². The molecule has 5 heterocycles. The summed E-state index contributed by atoms with van der Waals surface area (Å²) in [5.41, 5.74) is 12.3. The van der Waals surface area contributed by atoms with Crippen LogP contribution in [0.25, 0.3) is 98.3 Å². The van der Waals surface area contributed by atoms with Gasteiger partial charge in [-0.25, -0.2) is 9.97 Å². The Labute approximate surface area is 318 Å². The molecule has 0 spiro atoms. The molecule has 1 aliphatic rings. The maximum atomic E-state index is 5.31. The molecule has 0 N–H and O–H groups in total. The molecule has 0 unspecified atom stereocenters. The fourth-order valence-electron chi connectivity index (χ4n) is 8.43. The fraction of sp³-hybridized carbons (Fsp3) is 0. The highest BCUT2D eigenvalue weighted by atomic mass is 32.2. The van der Waals surface area contributed by atoms with Gasteiger partial charge in [-0.3, -0.25) is 9.13 Å². The highest BCUT2D eigenvalue weighted by molar-refractivity contribution is 7.99. The van der Waals surface area contributed by atoms with Crippen LogP contribution in [0.3, 0.4) is 0 Å². The Kier molecular flexibility index (Phi) is 6.40. The number of thiophene rings is 1. The van der Waals surface area contributed by atoms with Gasteiger partial charge >= 0.3 is 0 Å². The van der Waals surface area contributed by atoms with Gasteiger partial charge in [-0.15, -0.1) is 11.3 Å². The summed E-state index contributed by atoms with van der Waals surface area (Å²) in [6, 6.07) is 60.9. The van der Waals surface area contributed by atoms with E-state index in [-0.39, 0.29) is 0 Å². The van der Waals surface area contributed by atoms with Crippen molar-refractivity contribution in [1.29, 1.82) is 0 Å². The van der Waals surface area contributed by atoms with Crippen molar-refractivity contribution >= 4 is 76.2 Å². The molecule has 11 aromatic rings. The van der Waals surface area contributed by atoms with Gasteiger partial charge in [0.05, 0.1) is 32.6 Å². The number of hydrogen-bond acceptors (Lipinski definition) is 4. The lowest BCUT2D eigenvalue weighted by Gasteiger charge is -2.21. The van der Waals surface area contributed by atoms with Crippen molar-refractivity contribution in [2.75, 3.05) is 0 Å². The lowest BCUT2D eigenvalue weighted by molar-refractivity contribution is 1.03. The van der Waals surface area contributed by atoms with E-state index in [0.29, 0.717) is 0 Å². The van der Waals surface area contributed by atoms with Crippen LogP contribution in [0.2, 0.25) is 0 Å². The van der Waals surface area contributed by atoms with Crippen LogP contribution in [-0.4, -0.2) is 19.1 Å². The number of aromatic nitrogens is 4. The summed E-state index contributed by atoms with van der Waals surface area (Å²) < 4.78 is 7.29. The Morgan fingerprint density at radius 1 is 0.500 bits per heavy atom. The van der Waals surface area contributed by atoms with Crippen LogP contribution < -0.4 is 0 Å². The minimum atomic E-state index is 0.728. The van der Waals surface area contributed by atoms with Crippen LogP contribution in [0.4, 0.5) is 0 Å². The SMILES string of the molecule is c1ccc(-c2nc(-c3cccc(-c4cccc5c4c4c6cccc7c6n(c4n5-c4ccccc4)-c4ccccc4S7)c3)nc3c2sc2ccccc23)cc1. The minimum absolute atomic E-state index is 0.728. The Morgan fingerprint density at radius 2 is 1.20 bits per heavy atom. The summed E-state index contributed by atoms with van der Waals surface area (Å²) in [6.45, 7) is 0. The molecule has 0 amide bonds. The standard InChI is InChI=1S/C48H28N4S2/c1-3-14-29(15-4-1)43-46-44(34-20-7-9-25-38(34)54-46)50-47(49-43)31-17-11-16-30(28-31)33-21-12-24-37-41(33)42-35-22-13-27-40-45(35)52(36-23-8-10-26-39(36)53-40)48(42)51(37)32-18-5-2-6-19-32/h1-28H.